The van der Waals surface area contributed by atoms with Crippen molar-refractivity contribution in [1.82, 2.24) is 20.3 Å². The zero-order valence-corrected chi connectivity index (χ0v) is 18.0. The maximum atomic E-state index is 8.85. The van der Waals surface area contributed by atoms with Crippen LogP contribution < -0.4 is 20.9 Å². The number of piperidine rings is 1. The quantitative estimate of drug-likeness (QED) is 0.667. The van der Waals surface area contributed by atoms with Crippen molar-refractivity contribution in [3.63, 3.8) is 0 Å². The fourth-order valence-corrected chi connectivity index (χ4v) is 3.80. The van der Waals surface area contributed by atoms with Gasteiger partial charge in [-0.15, -0.1) is 0 Å². The molecule has 0 amide bonds. The maximum Gasteiger partial charge on any atom is 0.158 e. The Labute approximate surface area is 179 Å². The number of hydrogen-bond donors (Lipinski definition) is 3. The molecule has 1 unspecified atom stereocenters. The summed E-state index contributed by atoms with van der Waals surface area (Å²) in [6.07, 6.45) is 9.90. The summed E-state index contributed by atoms with van der Waals surface area (Å²) in [4.78, 5) is 15.2. The van der Waals surface area contributed by atoms with Gasteiger partial charge in [0, 0.05) is 25.7 Å². The van der Waals surface area contributed by atoms with Crippen molar-refractivity contribution in [3.05, 3.63) is 30.4 Å². The van der Waals surface area contributed by atoms with Crippen LogP contribution in [0.25, 0.3) is 0 Å². The van der Waals surface area contributed by atoms with Gasteiger partial charge in [-0.2, -0.15) is 5.26 Å². The summed E-state index contributed by atoms with van der Waals surface area (Å²) in [5.74, 6) is 1.93. The van der Waals surface area contributed by atoms with Gasteiger partial charge >= 0.3 is 0 Å². The molecule has 8 nitrogen and oxygen atoms in total. The van der Waals surface area contributed by atoms with Crippen molar-refractivity contribution in [3.8, 4) is 6.07 Å². The molecule has 2 aliphatic heterocycles. The lowest BCUT2D eigenvalue weighted by molar-refractivity contribution is 0.393. The first kappa shape index (κ1) is 21.8. The van der Waals surface area contributed by atoms with E-state index in [1.165, 1.54) is 31.9 Å². The van der Waals surface area contributed by atoms with Crippen LogP contribution >= 0.6 is 0 Å². The minimum atomic E-state index is 0.298. The Morgan fingerprint density at radius 1 is 1.10 bits per heavy atom. The van der Waals surface area contributed by atoms with E-state index in [0.29, 0.717) is 23.2 Å². The van der Waals surface area contributed by atoms with E-state index in [-0.39, 0.29) is 0 Å². The molecule has 160 valence electrons. The van der Waals surface area contributed by atoms with Gasteiger partial charge in [-0.25, -0.2) is 15.0 Å². The van der Waals surface area contributed by atoms with E-state index in [1.807, 2.05) is 32.2 Å². The van der Waals surface area contributed by atoms with Gasteiger partial charge in [-0.3, -0.25) is 0 Å². The molecule has 1 atom stereocenters. The molecule has 8 heteroatoms. The Balaban J connectivity index is 0.00000124. The van der Waals surface area contributed by atoms with Crippen molar-refractivity contribution in [1.29, 1.82) is 5.26 Å². The number of nitrogens with one attached hydrogen (secondary N) is 3. The molecule has 2 saturated heterocycles. The average molecular weight is 409 g/mol. The molecule has 0 radical (unpaired) electrons. The molecule has 0 spiro atoms. The fourth-order valence-electron chi connectivity index (χ4n) is 3.80. The Kier molecular flexibility index (Phi) is 8.21. The molecule has 0 aliphatic carbocycles. The predicted molar refractivity (Wildman–Crippen MR) is 121 cm³/mol. The molecular formula is C22H32N8. The van der Waals surface area contributed by atoms with Gasteiger partial charge in [0.05, 0.1) is 30.0 Å². The Morgan fingerprint density at radius 2 is 1.90 bits per heavy atom. The van der Waals surface area contributed by atoms with Gasteiger partial charge in [-0.1, -0.05) is 13.8 Å². The average Bonchev–Trinajstić information content (AvgIpc) is 3.35. The molecule has 0 aromatic carbocycles. The van der Waals surface area contributed by atoms with Crippen LogP contribution in [0.3, 0.4) is 0 Å². The van der Waals surface area contributed by atoms with Gasteiger partial charge in [0.2, 0.25) is 0 Å². The molecule has 3 N–H and O–H groups in total. The lowest BCUT2D eigenvalue weighted by atomic mass is 10.00. The number of nitrogens with zero attached hydrogens (tertiary/aromatic N) is 5. The molecule has 30 heavy (non-hydrogen) atoms. The van der Waals surface area contributed by atoms with Crippen LogP contribution in [0.1, 0.15) is 45.2 Å². The van der Waals surface area contributed by atoms with Crippen molar-refractivity contribution in [2.24, 2.45) is 5.92 Å². The van der Waals surface area contributed by atoms with E-state index < -0.39 is 0 Å². The van der Waals surface area contributed by atoms with Gasteiger partial charge in [0.25, 0.3) is 0 Å². The first-order valence-corrected chi connectivity index (χ1v) is 11.0. The monoisotopic (exact) mass is 408 g/mol. The van der Waals surface area contributed by atoms with Crippen LogP contribution in [0.5, 0.6) is 0 Å². The third-order valence-electron chi connectivity index (χ3n) is 5.33. The minimum Gasteiger partial charge on any atom is -0.383 e. The lowest BCUT2D eigenvalue weighted by Gasteiger charge is -2.26. The third kappa shape index (κ3) is 5.80. The molecule has 2 aromatic heterocycles. The van der Waals surface area contributed by atoms with Crippen LogP contribution in [-0.2, 0) is 0 Å². The number of aromatic nitrogens is 3. The maximum absolute atomic E-state index is 8.85. The first-order chi connectivity index (χ1) is 14.8. The topological polar surface area (TPSA) is 102 Å². The number of pyridine rings is 1. The summed E-state index contributed by atoms with van der Waals surface area (Å²) in [7, 11) is 0. The van der Waals surface area contributed by atoms with E-state index in [4.69, 9.17) is 5.26 Å². The summed E-state index contributed by atoms with van der Waals surface area (Å²) < 4.78 is 0. The van der Waals surface area contributed by atoms with Gasteiger partial charge in [0.1, 0.15) is 17.7 Å². The highest BCUT2D eigenvalue weighted by atomic mass is 15.2. The normalized spacial score (nSPS) is 18.2. The van der Waals surface area contributed by atoms with E-state index in [9.17, 15) is 0 Å². The molecule has 4 heterocycles. The predicted octanol–water partition coefficient (Wildman–Crippen LogP) is 3.52. The Bertz CT molecular complexity index is 818. The van der Waals surface area contributed by atoms with E-state index >= 15 is 0 Å². The second kappa shape index (κ2) is 11.3. The van der Waals surface area contributed by atoms with Gasteiger partial charge < -0.3 is 20.9 Å². The second-order valence-corrected chi connectivity index (χ2v) is 7.40. The largest absolute Gasteiger partial charge is 0.383 e. The highest BCUT2D eigenvalue weighted by Gasteiger charge is 2.19. The molecule has 2 fully saturated rings. The van der Waals surface area contributed by atoms with Crippen LogP contribution in [0.15, 0.2) is 24.7 Å². The Hall–Kier alpha value is -2.92. The summed E-state index contributed by atoms with van der Waals surface area (Å²) >= 11 is 0. The second-order valence-electron chi connectivity index (χ2n) is 7.40. The minimum absolute atomic E-state index is 0.298. The summed E-state index contributed by atoms with van der Waals surface area (Å²) in [5.41, 5.74) is 2.57. The number of rotatable bonds is 6. The van der Waals surface area contributed by atoms with Gasteiger partial charge in [0.15, 0.2) is 5.69 Å². The molecule has 0 saturated carbocycles. The first-order valence-electron chi connectivity index (χ1n) is 11.0. The van der Waals surface area contributed by atoms with E-state index in [0.717, 1.165) is 44.1 Å². The fraction of sp³-hybridized carbons (Fsp3) is 0.545. The summed E-state index contributed by atoms with van der Waals surface area (Å²) in [6, 6.07) is 4.02. The van der Waals surface area contributed by atoms with Gasteiger partial charge in [-0.05, 0) is 44.7 Å². The van der Waals surface area contributed by atoms with Crippen molar-refractivity contribution in [2.45, 2.75) is 39.5 Å². The highest BCUT2D eigenvalue weighted by molar-refractivity contribution is 5.73. The smallest absolute Gasteiger partial charge is 0.158 e. The summed E-state index contributed by atoms with van der Waals surface area (Å²) in [5, 5.41) is 19.2. The standard InChI is InChI=1S/C20H26N8.C2H6/c21-9-16-12-25-20(14-23-16)27-19-8-17(24-11-15-4-3-5-22-10-15)18(13-26-19)28-6-1-2-7-28;1-2/h8,12-15,22H,1-7,10-11H2,(H2,24,25,26,27);1-2H3. The lowest BCUT2D eigenvalue weighted by Crippen LogP contribution is -2.33. The van der Waals surface area contributed by atoms with Crippen LogP contribution in [-0.4, -0.2) is 47.7 Å². The number of anilines is 4. The van der Waals surface area contributed by atoms with Crippen LogP contribution in [0.4, 0.5) is 23.0 Å². The number of nitriles is 1. The zero-order valence-electron chi connectivity index (χ0n) is 18.0. The molecule has 4 rings (SSSR count). The van der Waals surface area contributed by atoms with Crippen LogP contribution in [0, 0.1) is 17.2 Å². The van der Waals surface area contributed by atoms with E-state index in [1.54, 1.807) is 6.20 Å². The SMILES string of the molecule is CC.N#Cc1cnc(Nc2cc(NCC3CCCNC3)c(N3CCCC3)cn2)cn1. The van der Waals surface area contributed by atoms with Crippen molar-refractivity contribution >= 4 is 23.0 Å². The summed E-state index contributed by atoms with van der Waals surface area (Å²) in [6.45, 7) is 9.31. The zero-order chi connectivity index (χ0) is 21.2. The third-order valence-corrected chi connectivity index (χ3v) is 5.33. The number of hydrogen-bond acceptors (Lipinski definition) is 8. The van der Waals surface area contributed by atoms with Crippen molar-refractivity contribution in [2.75, 3.05) is 48.3 Å². The van der Waals surface area contributed by atoms with E-state index in [2.05, 4.69) is 35.8 Å². The molecule has 2 aliphatic rings. The van der Waals surface area contributed by atoms with Crippen LogP contribution in [0.2, 0.25) is 0 Å². The van der Waals surface area contributed by atoms with Crippen molar-refractivity contribution < 1.29 is 0 Å². The highest BCUT2D eigenvalue weighted by Crippen LogP contribution is 2.31. The molecular weight excluding hydrogens is 376 g/mol. The molecule has 2 aromatic rings. The Morgan fingerprint density at radius 3 is 2.57 bits per heavy atom. The molecule has 0 bridgehead atoms.